The van der Waals surface area contributed by atoms with Crippen LogP contribution in [-0.4, -0.2) is 36.0 Å². The highest BCUT2D eigenvalue weighted by Crippen LogP contribution is 2.26. The maximum absolute atomic E-state index is 12.7. The lowest BCUT2D eigenvalue weighted by Crippen LogP contribution is -2.18. The van der Waals surface area contributed by atoms with Crippen molar-refractivity contribution in [3.63, 3.8) is 0 Å². The molecular formula is C24H25N3O3. The molecule has 0 heterocycles. The van der Waals surface area contributed by atoms with Crippen LogP contribution in [0.4, 0.5) is 5.69 Å². The van der Waals surface area contributed by atoms with Crippen LogP contribution in [0.25, 0.3) is 11.1 Å². The second kappa shape index (κ2) is 9.35. The minimum atomic E-state index is -0.561. The highest BCUT2D eigenvalue weighted by atomic mass is 16.5. The Labute approximate surface area is 176 Å². The van der Waals surface area contributed by atoms with Crippen LogP contribution < -0.4 is 10.8 Å². The molecule has 3 rings (SSSR count). The van der Waals surface area contributed by atoms with Gasteiger partial charge < -0.3 is 10.2 Å². The lowest BCUT2D eigenvalue weighted by molar-refractivity contribution is 0.0706. The van der Waals surface area contributed by atoms with Crippen molar-refractivity contribution >= 4 is 17.5 Å². The number of anilines is 1. The molecule has 2 amide bonds. The lowest BCUT2D eigenvalue weighted by atomic mass is 10.00. The standard InChI is InChI=1S/C24H25N3O3/c1-16-4-6-19(7-5-16)23(28)25-22-13-17(15-27(2)3)12-21(14-22)18-8-10-20(11-9-18)24(29)26-30/h4-14,30H,15H2,1-3H3,(H,25,28)(H,26,29). The molecule has 0 aliphatic heterocycles. The molecule has 0 fully saturated rings. The van der Waals surface area contributed by atoms with Crippen LogP contribution in [0.15, 0.2) is 66.7 Å². The van der Waals surface area contributed by atoms with Gasteiger partial charge in [-0.3, -0.25) is 14.8 Å². The Kier molecular flexibility index (Phi) is 6.61. The van der Waals surface area contributed by atoms with Crippen LogP contribution in [0.2, 0.25) is 0 Å². The zero-order valence-corrected chi connectivity index (χ0v) is 17.3. The number of hydrogen-bond acceptors (Lipinski definition) is 4. The van der Waals surface area contributed by atoms with Crippen LogP contribution in [0.1, 0.15) is 31.8 Å². The van der Waals surface area contributed by atoms with Crippen molar-refractivity contribution in [3.8, 4) is 11.1 Å². The van der Waals surface area contributed by atoms with Crippen LogP contribution in [0.5, 0.6) is 0 Å². The molecule has 0 aromatic heterocycles. The van der Waals surface area contributed by atoms with Crippen molar-refractivity contribution in [1.29, 1.82) is 0 Å². The summed E-state index contributed by atoms with van der Waals surface area (Å²) in [7, 11) is 3.97. The molecule has 0 spiro atoms. The Morgan fingerprint density at radius 3 is 2.03 bits per heavy atom. The van der Waals surface area contributed by atoms with Gasteiger partial charge in [0.1, 0.15) is 0 Å². The third kappa shape index (κ3) is 5.31. The van der Waals surface area contributed by atoms with Crippen molar-refractivity contribution in [1.82, 2.24) is 10.4 Å². The van der Waals surface area contributed by atoms with Crippen LogP contribution >= 0.6 is 0 Å². The van der Waals surface area contributed by atoms with Crippen LogP contribution in [0.3, 0.4) is 0 Å². The van der Waals surface area contributed by atoms with E-state index in [0.29, 0.717) is 23.4 Å². The van der Waals surface area contributed by atoms with Gasteiger partial charge in [-0.25, -0.2) is 5.48 Å². The Morgan fingerprint density at radius 1 is 0.833 bits per heavy atom. The third-order valence-corrected chi connectivity index (χ3v) is 4.65. The first-order chi connectivity index (χ1) is 14.4. The summed E-state index contributed by atoms with van der Waals surface area (Å²) in [5, 5.41) is 11.8. The molecule has 0 saturated carbocycles. The van der Waals surface area contributed by atoms with Crippen molar-refractivity contribution in [2.75, 3.05) is 19.4 Å². The normalized spacial score (nSPS) is 10.7. The molecule has 3 N–H and O–H groups in total. The molecule has 3 aromatic carbocycles. The molecule has 3 aromatic rings. The van der Waals surface area contributed by atoms with Gasteiger partial charge in [0.15, 0.2) is 0 Å². The van der Waals surface area contributed by atoms with E-state index in [1.165, 1.54) is 0 Å². The molecule has 6 nitrogen and oxygen atoms in total. The smallest absolute Gasteiger partial charge is 0.274 e. The zero-order chi connectivity index (χ0) is 21.7. The second-order valence-electron chi connectivity index (χ2n) is 7.49. The first-order valence-corrected chi connectivity index (χ1v) is 9.57. The molecule has 154 valence electrons. The summed E-state index contributed by atoms with van der Waals surface area (Å²) in [6.07, 6.45) is 0. The van der Waals surface area contributed by atoms with E-state index in [9.17, 15) is 9.59 Å². The van der Waals surface area contributed by atoms with E-state index in [-0.39, 0.29) is 5.91 Å². The summed E-state index contributed by atoms with van der Waals surface area (Å²) in [5.74, 6) is -0.730. The first kappa shape index (κ1) is 21.2. The van der Waals surface area contributed by atoms with Gasteiger partial charge in [0, 0.05) is 23.4 Å². The SMILES string of the molecule is Cc1ccc(C(=O)Nc2cc(CN(C)C)cc(-c3ccc(C(=O)NO)cc3)c2)cc1. The van der Waals surface area contributed by atoms with Gasteiger partial charge in [-0.2, -0.15) is 0 Å². The number of carbonyl (C=O) groups excluding carboxylic acids is 2. The average Bonchev–Trinajstić information content (AvgIpc) is 2.73. The molecule has 0 bridgehead atoms. The van der Waals surface area contributed by atoms with Crippen molar-refractivity contribution in [3.05, 3.63) is 89.0 Å². The van der Waals surface area contributed by atoms with Gasteiger partial charge in [0.2, 0.25) is 0 Å². The van der Waals surface area contributed by atoms with Crippen LogP contribution in [-0.2, 0) is 6.54 Å². The summed E-state index contributed by atoms with van der Waals surface area (Å²) in [6, 6.07) is 20.3. The van der Waals surface area contributed by atoms with Crippen molar-refractivity contribution in [2.45, 2.75) is 13.5 Å². The Balaban J connectivity index is 1.92. The number of rotatable bonds is 6. The van der Waals surface area contributed by atoms with Gasteiger partial charge >= 0.3 is 0 Å². The zero-order valence-electron chi connectivity index (χ0n) is 17.3. The second-order valence-corrected chi connectivity index (χ2v) is 7.49. The largest absolute Gasteiger partial charge is 0.322 e. The predicted molar refractivity (Wildman–Crippen MR) is 118 cm³/mol. The van der Waals surface area contributed by atoms with Gasteiger partial charge in [-0.15, -0.1) is 0 Å². The van der Waals surface area contributed by atoms with Crippen molar-refractivity contribution < 1.29 is 14.8 Å². The molecule has 0 radical (unpaired) electrons. The predicted octanol–water partition coefficient (Wildman–Crippen LogP) is 4.09. The highest BCUT2D eigenvalue weighted by Gasteiger charge is 2.10. The maximum Gasteiger partial charge on any atom is 0.274 e. The minimum absolute atomic E-state index is 0.169. The van der Waals surface area contributed by atoms with E-state index in [1.54, 1.807) is 29.7 Å². The Hall–Kier alpha value is -3.48. The number of carbonyl (C=O) groups is 2. The maximum atomic E-state index is 12.7. The van der Waals surface area contributed by atoms with E-state index < -0.39 is 5.91 Å². The molecule has 0 unspecified atom stereocenters. The summed E-state index contributed by atoms with van der Waals surface area (Å²) in [4.78, 5) is 26.3. The number of hydrogen-bond donors (Lipinski definition) is 3. The summed E-state index contributed by atoms with van der Waals surface area (Å²) in [5.41, 5.74) is 7.25. The van der Waals surface area contributed by atoms with Gasteiger partial charge in [-0.05, 0) is 80.2 Å². The van der Waals surface area contributed by atoms with Crippen LogP contribution in [0, 0.1) is 6.92 Å². The quantitative estimate of drug-likeness (QED) is 0.428. The fourth-order valence-corrected chi connectivity index (χ4v) is 3.17. The Morgan fingerprint density at radius 2 is 1.43 bits per heavy atom. The minimum Gasteiger partial charge on any atom is -0.322 e. The van der Waals surface area contributed by atoms with Gasteiger partial charge in [0.25, 0.3) is 11.8 Å². The number of nitrogens with one attached hydrogen (secondary N) is 2. The fourth-order valence-electron chi connectivity index (χ4n) is 3.17. The molecule has 30 heavy (non-hydrogen) atoms. The van der Waals surface area contributed by atoms with E-state index in [2.05, 4.69) is 16.3 Å². The monoisotopic (exact) mass is 403 g/mol. The molecule has 0 aliphatic rings. The topological polar surface area (TPSA) is 81.7 Å². The fraction of sp³-hybridized carbons (Fsp3) is 0.167. The summed E-state index contributed by atoms with van der Waals surface area (Å²) in [6.45, 7) is 2.69. The molecule has 6 heteroatoms. The van der Waals surface area contributed by atoms with Gasteiger partial charge in [0.05, 0.1) is 0 Å². The molecule has 0 saturated heterocycles. The van der Waals surface area contributed by atoms with Crippen molar-refractivity contribution in [2.24, 2.45) is 0 Å². The lowest BCUT2D eigenvalue weighted by Gasteiger charge is -2.15. The highest BCUT2D eigenvalue weighted by molar-refractivity contribution is 6.04. The van der Waals surface area contributed by atoms with E-state index in [4.69, 9.17) is 5.21 Å². The van der Waals surface area contributed by atoms with E-state index in [0.717, 1.165) is 22.3 Å². The average molecular weight is 403 g/mol. The molecule has 0 aliphatic carbocycles. The number of hydroxylamine groups is 1. The third-order valence-electron chi connectivity index (χ3n) is 4.65. The van der Waals surface area contributed by atoms with Gasteiger partial charge in [-0.1, -0.05) is 29.8 Å². The molecular weight excluding hydrogens is 378 g/mol. The first-order valence-electron chi connectivity index (χ1n) is 9.57. The molecule has 0 atom stereocenters. The summed E-state index contributed by atoms with van der Waals surface area (Å²) >= 11 is 0. The Bertz CT molecular complexity index is 1040. The number of aryl methyl sites for hydroxylation is 1. The van der Waals surface area contributed by atoms with E-state index in [1.807, 2.05) is 57.4 Å². The number of nitrogens with zero attached hydrogens (tertiary/aromatic N) is 1. The number of benzene rings is 3. The van der Waals surface area contributed by atoms with E-state index >= 15 is 0 Å². The number of amides is 2. The summed E-state index contributed by atoms with van der Waals surface area (Å²) < 4.78 is 0.